The summed E-state index contributed by atoms with van der Waals surface area (Å²) in [4.78, 5) is 0. The van der Waals surface area contributed by atoms with Crippen LogP contribution in [0.2, 0.25) is 0 Å². The van der Waals surface area contributed by atoms with E-state index < -0.39 is 0 Å². The van der Waals surface area contributed by atoms with E-state index in [1.807, 2.05) is 0 Å². The summed E-state index contributed by atoms with van der Waals surface area (Å²) in [5.74, 6) is 7.93. The SMILES string of the molecule is CC(C)C(C(C)C)[C@@H]1CCC(C(C)(C)C2C3C=CC=C[C@H]3[C@H]3C=CC=CC23)C1. The highest BCUT2D eigenvalue weighted by Gasteiger charge is 2.55. The van der Waals surface area contributed by atoms with Crippen molar-refractivity contribution in [3.63, 3.8) is 0 Å². The van der Waals surface area contributed by atoms with Crippen LogP contribution in [0.1, 0.15) is 60.8 Å². The summed E-state index contributed by atoms with van der Waals surface area (Å²) in [6.07, 6.45) is 23.7. The Balaban J connectivity index is 1.58. The van der Waals surface area contributed by atoms with Crippen LogP contribution >= 0.6 is 0 Å². The highest BCUT2D eigenvalue weighted by Crippen LogP contribution is 2.61. The van der Waals surface area contributed by atoms with E-state index in [0.717, 1.165) is 35.5 Å². The van der Waals surface area contributed by atoms with Crippen molar-refractivity contribution >= 4 is 0 Å². The lowest BCUT2D eigenvalue weighted by Gasteiger charge is -2.44. The van der Waals surface area contributed by atoms with Crippen LogP contribution in [0, 0.1) is 64.6 Å². The van der Waals surface area contributed by atoms with E-state index in [0.29, 0.717) is 29.1 Å². The summed E-state index contributed by atoms with van der Waals surface area (Å²) in [6.45, 7) is 15.1. The van der Waals surface area contributed by atoms with Crippen molar-refractivity contribution in [1.82, 2.24) is 0 Å². The van der Waals surface area contributed by atoms with E-state index in [-0.39, 0.29) is 0 Å². The molecule has 0 aromatic carbocycles. The molecule has 7 atom stereocenters. The average Bonchev–Trinajstić information content (AvgIpc) is 3.24. The molecule has 154 valence electrons. The molecule has 0 spiro atoms. The van der Waals surface area contributed by atoms with Gasteiger partial charge in [0.2, 0.25) is 0 Å². The first-order valence-corrected chi connectivity index (χ1v) is 12.0. The molecule has 2 saturated carbocycles. The molecule has 0 aliphatic heterocycles. The summed E-state index contributed by atoms with van der Waals surface area (Å²) < 4.78 is 0. The van der Waals surface area contributed by atoms with Crippen LogP contribution in [0.3, 0.4) is 0 Å². The first-order chi connectivity index (χ1) is 13.3. The molecular weight excluding hydrogens is 336 g/mol. The number of rotatable bonds is 5. The fourth-order valence-electron chi connectivity index (χ4n) is 8.19. The summed E-state index contributed by atoms with van der Waals surface area (Å²) in [5.41, 5.74) is 0.403. The predicted octanol–water partition coefficient (Wildman–Crippen LogP) is 7.70. The van der Waals surface area contributed by atoms with Gasteiger partial charge in [-0.15, -0.1) is 0 Å². The smallest absolute Gasteiger partial charge is 0.00954 e. The van der Waals surface area contributed by atoms with Crippen molar-refractivity contribution in [3.8, 4) is 0 Å². The van der Waals surface area contributed by atoms with Crippen LogP contribution < -0.4 is 0 Å². The van der Waals surface area contributed by atoms with Crippen LogP contribution in [-0.4, -0.2) is 0 Å². The van der Waals surface area contributed by atoms with Crippen LogP contribution in [0.5, 0.6) is 0 Å². The molecule has 0 aromatic rings. The van der Waals surface area contributed by atoms with Gasteiger partial charge in [0.25, 0.3) is 0 Å². The number of fused-ring (bicyclic) bond motifs is 3. The standard InChI is InChI=1S/C28H42/c1-18(2)26(19(3)4)20-15-16-21(17-20)28(5,6)27-24-13-9-7-11-22(24)23-12-8-10-14-25(23)27/h7-14,18-27H,15-17H2,1-6H3/t20-,21?,22-,23+,24?,25?,27?/m1/s1. The molecule has 0 aromatic heterocycles. The monoisotopic (exact) mass is 378 g/mol. The van der Waals surface area contributed by atoms with Gasteiger partial charge < -0.3 is 0 Å². The minimum Gasteiger partial charge on any atom is -0.0805 e. The van der Waals surface area contributed by atoms with Crippen molar-refractivity contribution in [3.05, 3.63) is 48.6 Å². The van der Waals surface area contributed by atoms with Crippen LogP contribution in [0.25, 0.3) is 0 Å². The van der Waals surface area contributed by atoms with Gasteiger partial charge in [0.1, 0.15) is 0 Å². The Labute approximate surface area is 174 Å². The first kappa shape index (κ1) is 20.2. The first-order valence-electron chi connectivity index (χ1n) is 12.0. The van der Waals surface area contributed by atoms with Gasteiger partial charge in [-0.05, 0) is 83.9 Å². The highest BCUT2D eigenvalue weighted by molar-refractivity contribution is 5.29. The molecule has 0 bridgehead atoms. The van der Waals surface area contributed by atoms with Gasteiger partial charge in [-0.3, -0.25) is 0 Å². The third-order valence-corrected chi connectivity index (χ3v) is 9.19. The Kier molecular flexibility index (Phi) is 5.54. The molecule has 4 aliphatic rings. The third-order valence-electron chi connectivity index (χ3n) is 9.19. The molecule has 0 amide bonds. The number of hydrogen-bond donors (Lipinski definition) is 0. The zero-order chi connectivity index (χ0) is 20.1. The van der Waals surface area contributed by atoms with Gasteiger partial charge in [0.05, 0.1) is 0 Å². The van der Waals surface area contributed by atoms with E-state index in [9.17, 15) is 0 Å². The summed E-state index contributed by atoms with van der Waals surface area (Å²) >= 11 is 0. The lowest BCUT2D eigenvalue weighted by molar-refractivity contribution is 0.0670. The van der Waals surface area contributed by atoms with Gasteiger partial charge in [-0.25, -0.2) is 0 Å². The second-order valence-corrected chi connectivity index (χ2v) is 11.5. The molecule has 0 saturated heterocycles. The molecule has 0 heterocycles. The molecule has 4 unspecified atom stereocenters. The second-order valence-electron chi connectivity index (χ2n) is 11.5. The zero-order valence-corrected chi connectivity index (χ0v) is 19.0. The van der Waals surface area contributed by atoms with Gasteiger partial charge >= 0.3 is 0 Å². The molecule has 2 fully saturated rings. The normalized spacial score (nSPS) is 39.4. The van der Waals surface area contributed by atoms with Gasteiger partial charge in [-0.2, -0.15) is 0 Å². The minimum absolute atomic E-state index is 0.403. The molecule has 0 heteroatoms. The van der Waals surface area contributed by atoms with E-state index in [2.05, 4.69) is 90.2 Å². The zero-order valence-electron chi connectivity index (χ0n) is 19.0. The Morgan fingerprint density at radius 1 is 0.679 bits per heavy atom. The summed E-state index contributed by atoms with van der Waals surface area (Å²) in [7, 11) is 0. The lowest BCUT2D eigenvalue weighted by Crippen LogP contribution is -2.38. The van der Waals surface area contributed by atoms with Gasteiger partial charge in [-0.1, -0.05) is 90.2 Å². The van der Waals surface area contributed by atoms with Crippen molar-refractivity contribution in [2.75, 3.05) is 0 Å². The molecule has 4 rings (SSSR count). The third kappa shape index (κ3) is 3.29. The molecule has 0 N–H and O–H groups in total. The van der Waals surface area contributed by atoms with E-state index in [4.69, 9.17) is 0 Å². The Bertz CT molecular complexity index is 628. The van der Waals surface area contributed by atoms with Crippen molar-refractivity contribution in [1.29, 1.82) is 0 Å². The maximum atomic E-state index is 2.63. The summed E-state index contributed by atoms with van der Waals surface area (Å²) in [5, 5.41) is 0. The summed E-state index contributed by atoms with van der Waals surface area (Å²) in [6, 6.07) is 0. The molecule has 0 nitrogen and oxygen atoms in total. The Hall–Kier alpha value is -1.04. The Morgan fingerprint density at radius 2 is 1.14 bits per heavy atom. The number of hydrogen-bond acceptors (Lipinski definition) is 0. The largest absolute Gasteiger partial charge is 0.0805 e. The second kappa shape index (κ2) is 7.66. The lowest BCUT2D eigenvalue weighted by atomic mass is 9.61. The van der Waals surface area contributed by atoms with E-state index in [1.165, 1.54) is 19.3 Å². The topological polar surface area (TPSA) is 0 Å². The quantitative estimate of drug-likeness (QED) is 0.459. The van der Waals surface area contributed by atoms with E-state index in [1.54, 1.807) is 0 Å². The fourth-order valence-corrected chi connectivity index (χ4v) is 8.19. The van der Waals surface area contributed by atoms with Crippen LogP contribution in [0.4, 0.5) is 0 Å². The molecular formula is C28H42. The van der Waals surface area contributed by atoms with E-state index >= 15 is 0 Å². The average molecular weight is 379 g/mol. The predicted molar refractivity (Wildman–Crippen MR) is 122 cm³/mol. The Morgan fingerprint density at radius 3 is 1.61 bits per heavy atom. The van der Waals surface area contributed by atoms with Gasteiger partial charge in [0.15, 0.2) is 0 Å². The minimum atomic E-state index is 0.403. The fraction of sp³-hybridized carbons (Fsp3) is 0.714. The number of allylic oxidation sites excluding steroid dienone is 8. The molecule has 4 aliphatic carbocycles. The molecule has 28 heavy (non-hydrogen) atoms. The highest BCUT2D eigenvalue weighted by atomic mass is 14.6. The van der Waals surface area contributed by atoms with Crippen molar-refractivity contribution in [2.45, 2.75) is 60.8 Å². The van der Waals surface area contributed by atoms with Crippen molar-refractivity contribution in [2.24, 2.45) is 64.6 Å². The van der Waals surface area contributed by atoms with Crippen LogP contribution in [-0.2, 0) is 0 Å². The van der Waals surface area contributed by atoms with Crippen molar-refractivity contribution < 1.29 is 0 Å². The molecule has 0 radical (unpaired) electrons. The van der Waals surface area contributed by atoms with Gasteiger partial charge in [0, 0.05) is 0 Å². The van der Waals surface area contributed by atoms with Crippen LogP contribution in [0.15, 0.2) is 48.6 Å². The maximum Gasteiger partial charge on any atom is -0.00954 e. The maximum absolute atomic E-state index is 2.63.